The predicted octanol–water partition coefficient (Wildman–Crippen LogP) is 1.15. The van der Waals surface area contributed by atoms with Gasteiger partial charge in [-0.25, -0.2) is 4.98 Å². The largest absolute Gasteiger partial charge is 0.393 e. The SMILES string of the molecule is Nc1ccc(C(=O)Nc2ncc[nH]2)cc1[N+](=O)[O-]. The molecule has 0 aliphatic carbocycles. The molecule has 0 saturated heterocycles. The van der Waals surface area contributed by atoms with Crippen molar-refractivity contribution in [1.82, 2.24) is 9.97 Å². The molecule has 0 aliphatic rings. The number of carbonyl (C=O) groups excluding carboxylic acids is 1. The fourth-order valence-electron chi connectivity index (χ4n) is 1.36. The van der Waals surface area contributed by atoms with Gasteiger partial charge in [-0.1, -0.05) is 0 Å². The lowest BCUT2D eigenvalue weighted by Gasteiger charge is -2.03. The van der Waals surface area contributed by atoms with Crippen molar-refractivity contribution < 1.29 is 9.72 Å². The van der Waals surface area contributed by atoms with Crippen molar-refractivity contribution >= 4 is 23.2 Å². The highest BCUT2D eigenvalue weighted by molar-refractivity contribution is 6.04. The Morgan fingerprint density at radius 2 is 2.28 bits per heavy atom. The van der Waals surface area contributed by atoms with Crippen molar-refractivity contribution in [3.63, 3.8) is 0 Å². The third kappa shape index (κ3) is 2.26. The number of rotatable bonds is 3. The van der Waals surface area contributed by atoms with Crippen molar-refractivity contribution in [1.29, 1.82) is 0 Å². The molecule has 0 spiro atoms. The first kappa shape index (κ1) is 11.6. The van der Waals surface area contributed by atoms with Gasteiger partial charge in [-0.15, -0.1) is 0 Å². The maximum absolute atomic E-state index is 11.8. The van der Waals surface area contributed by atoms with E-state index in [0.717, 1.165) is 6.07 Å². The summed E-state index contributed by atoms with van der Waals surface area (Å²) in [5.41, 5.74) is 5.27. The molecule has 8 nitrogen and oxygen atoms in total. The molecule has 2 rings (SSSR count). The van der Waals surface area contributed by atoms with E-state index >= 15 is 0 Å². The zero-order chi connectivity index (χ0) is 13.1. The van der Waals surface area contributed by atoms with Crippen molar-refractivity contribution in [2.75, 3.05) is 11.1 Å². The van der Waals surface area contributed by atoms with Crippen LogP contribution in [-0.2, 0) is 0 Å². The van der Waals surface area contributed by atoms with E-state index in [2.05, 4.69) is 15.3 Å². The highest BCUT2D eigenvalue weighted by atomic mass is 16.6. The van der Waals surface area contributed by atoms with E-state index in [1.165, 1.54) is 18.3 Å². The lowest BCUT2D eigenvalue weighted by Crippen LogP contribution is -2.13. The molecule has 0 aliphatic heterocycles. The maximum Gasteiger partial charge on any atom is 0.292 e. The summed E-state index contributed by atoms with van der Waals surface area (Å²) in [6.07, 6.45) is 3.02. The first-order valence-corrected chi connectivity index (χ1v) is 4.92. The molecule has 0 bridgehead atoms. The van der Waals surface area contributed by atoms with Crippen LogP contribution in [0.4, 0.5) is 17.3 Å². The summed E-state index contributed by atoms with van der Waals surface area (Å²) < 4.78 is 0. The first-order chi connectivity index (χ1) is 8.58. The predicted molar refractivity (Wildman–Crippen MR) is 64.0 cm³/mol. The molecule has 1 amide bonds. The van der Waals surface area contributed by atoms with Gasteiger partial charge in [-0.3, -0.25) is 20.2 Å². The molecule has 92 valence electrons. The molecule has 0 saturated carbocycles. The van der Waals surface area contributed by atoms with E-state index in [1.807, 2.05) is 0 Å². The minimum atomic E-state index is -0.640. The molecule has 4 N–H and O–H groups in total. The van der Waals surface area contributed by atoms with Crippen molar-refractivity contribution in [2.24, 2.45) is 0 Å². The number of nitrogen functional groups attached to an aromatic ring is 1. The van der Waals surface area contributed by atoms with Gasteiger partial charge >= 0.3 is 0 Å². The van der Waals surface area contributed by atoms with Gasteiger partial charge < -0.3 is 10.7 Å². The van der Waals surface area contributed by atoms with Gasteiger partial charge in [0.05, 0.1) is 4.92 Å². The summed E-state index contributed by atoms with van der Waals surface area (Å²) in [4.78, 5) is 28.3. The normalized spacial score (nSPS) is 10.0. The van der Waals surface area contributed by atoms with Crippen LogP contribution in [0.15, 0.2) is 30.6 Å². The molecule has 1 aromatic heterocycles. The number of carbonyl (C=O) groups is 1. The van der Waals surface area contributed by atoms with E-state index in [4.69, 9.17) is 5.73 Å². The number of nitrogens with zero attached hydrogens (tertiary/aromatic N) is 2. The molecular formula is C10H9N5O3. The number of benzene rings is 1. The number of nitrogens with one attached hydrogen (secondary N) is 2. The molecule has 8 heteroatoms. The summed E-state index contributed by atoms with van der Waals surface area (Å²) >= 11 is 0. The molecule has 18 heavy (non-hydrogen) atoms. The van der Waals surface area contributed by atoms with Crippen LogP contribution in [0.2, 0.25) is 0 Å². The Balaban J connectivity index is 2.26. The highest BCUT2D eigenvalue weighted by Crippen LogP contribution is 2.22. The zero-order valence-corrected chi connectivity index (χ0v) is 9.08. The Labute approximate surface area is 101 Å². The van der Waals surface area contributed by atoms with Crippen LogP contribution in [0, 0.1) is 10.1 Å². The Kier molecular flexibility index (Phi) is 2.92. The third-order valence-electron chi connectivity index (χ3n) is 2.22. The fraction of sp³-hybridized carbons (Fsp3) is 0. The molecule has 0 atom stereocenters. The lowest BCUT2D eigenvalue weighted by molar-refractivity contribution is -0.383. The third-order valence-corrected chi connectivity index (χ3v) is 2.22. The van der Waals surface area contributed by atoms with Crippen LogP contribution in [0.5, 0.6) is 0 Å². The topological polar surface area (TPSA) is 127 Å². The number of imidazole rings is 1. The van der Waals surface area contributed by atoms with Gasteiger partial charge in [-0.05, 0) is 12.1 Å². The van der Waals surface area contributed by atoms with Gasteiger partial charge in [-0.2, -0.15) is 0 Å². The van der Waals surface area contributed by atoms with Crippen LogP contribution in [0.1, 0.15) is 10.4 Å². The Hall–Kier alpha value is -2.90. The monoisotopic (exact) mass is 247 g/mol. The molecule has 0 radical (unpaired) electrons. The quantitative estimate of drug-likeness (QED) is 0.426. The number of H-pyrrole nitrogens is 1. The number of amides is 1. The second-order valence-corrected chi connectivity index (χ2v) is 3.42. The van der Waals surface area contributed by atoms with Crippen LogP contribution >= 0.6 is 0 Å². The molecule has 0 unspecified atom stereocenters. The van der Waals surface area contributed by atoms with Crippen molar-refractivity contribution in [2.45, 2.75) is 0 Å². The lowest BCUT2D eigenvalue weighted by atomic mass is 10.1. The second kappa shape index (κ2) is 4.53. The van der Waals surface area contributed by atoms with Gasteiger partial charge in [0.1, 0.15) is 5.69 Å². The second-order valence-electron chi connectivity index (χ2n) is 3.42. The Bertz CT molecular complexity index is 594. The summed E-state index contributed by atoms with van der Waals surface area (Å²) in [6.45, 7) is 0. The number of nitro benzene ring substituents is 1. The van der Waals surface area contributed by atoms with Gasteiger partial charge in [0.15, 0.2) is 0 Å². The molecular weight excluding hydrogens is 238 g/mol. The minimum Gasteiger partial charge on any atom is -0.393 e. The minimum absolute atomic E-state index is 0.00884. The number of hydrogen-bond acceptors (Lipinski definition) is 5. The van der Waals surface area contributed by atoms with Gasteiger partial charge in [0.2, 0.25) is 5.95 Å². The van der Waals surface area contributed by atoms with E-state index < -0.39 is 10.8 Å². The average molecular weight is 247 g/mol. The van der Waals surface area contributed by atoms with E-state index in [1.54, 1.807) is 6.20 Å². The molecule has 1 heterocycles. The number of aromatic amines is 1. The maximum atomic E-state index is 11.8. The summed E-state index contributed by atoms with van der Waals surface area (Å²) in [5, 5.41) is 13.1. The molecule has 0 fully saturated rings. The molecule has 2 aromatic rings. The molecule has 1 aromatic carbocycles. The van der Waals surface area contributed by atoms with Gasteiger partial charge in [0.25, 0.3) is 11.6 Å². The first-order valence-electron chi connectivity index (χ1n) is 4.92. The summed E-state index contributed by atoms with van der Waals surface area (Å²) in [7, 11) is 0. The highest BCUT2D eigenvalue weighted by Gasteiger charge is 2.16. The van der Waals surface area contributed by atoms with E-state index in [9.17, 15) is 14.9 Å². The summed E-state index contributed by atoms with van der Waals surface area (Å²) in [5.74, 6) is -0.243. The van der Waals surface area contributed by atoms with Crippen LogP contribution in [0.25, 0.3) is 0 Å². The number of hydrogen-bond donors (Lipinski definition) is 3. The smallest absolute Gasteiger partial charge is 0.292 e. The number of nitrogens with two attached hydrogens (primary N) is 1. The number of anilines is 2. The van der Waals surface area contributed by atoms with Crippen LogP contribution in [-0.4, -0.2) is 20.8 Å². The number of aromatic nitrogens is 2. The fourth-order valence-corrected chi connectivity index (χ4v) is 1.36. The average Bonchev–Trinajstić information content (AvgIpc) is 2.81. The zero-order valence-electron chi connectivity index (χ0n) is 9.08. The van der Waals surface area contributed by atoms with Crippen LogP contribution < -0.4 is 11.1 Å². The van der Waals surface area contributed by atoms with Gasteiger partial charge in [0, 0.05) is 24.0 Å². The standard InChI is InChI=1S/C10H9N5O3/c11-7-2-1-6(5-8(7)15(17)18)9(16)14-10-12-3-4-13-10/h1-5H,11H2,(H2,12,13,14,16). The van der Waals surface area contributed by atoms with E-state index in [0.29, 0.717) is 0 Å². The Morgan fingerprint density at radius 3 is 2.89 bits per heavy atom. The Morgan fingerprint density at radius 1 is 1.50 bits per heavy atom. The number of nitro groups is 1. The summed E-state index contributed by atoms with van der Waals surface area (Å²) in [6, 6.07) is 3.84. The van der Waals surface area contributed by atoms with Crippen molar-refractivity contribution in [3.05, 3.63) is 46.3 Å². The van der Waals surface area contributed by atoms with Crippen molar-refractivity contribution in [3.8, 4) is 0 Å². The van der Waals surface area contributed by atoms with E-state index in [-0.39, 0.29) is 22.9 Å². The van der Waals surface area contributed by atoms with Crippen LogP contribution in [0.3, 0.4) is 0 Å².